The second-order valence-electron chi connectivity index (χ2n) is 3.96. The van der Waals surface area contributed by atoms with E-state index in [1.54, 1.807) is 34.6 Å². The third-order valence-electron chi connectivity index (χ3n) is 1.27. The molecule has 0 spiro atoms. The molecule has 0 bridgehead atoms. The van der Waals surface area contributed by atoms with E-state index >= 15 is 0 Å². The molecule has 0 saturated carbocycles. The van der Waals surface area contributed by atoms with Crippen molar-refractivity contribution in [1.29, 1.82) is 0 Å². The van der Waals surface area contributed by atoms with Gasteiger partial charge in [-0.25, -0.2) is 4.79 Å². The number of carbonyl (C=O) groups is 1. The van der Waals surface area contributed by atoms with Crippen LogP contribution in [-0.2, 0) is 4.74 Å². The van der Waals surface area contributed by atoms with Crippen molar-refractivity contribution >= 4 is 11.8 Å². The van der Waals surface area contributed by atoms with Gasteiger partial charge in [-0.3, -0.25) is 0 Å². The zero-order valence-electron chi connectivity index (χ0n) is 8.97. The van der Waals surface area contributed by atoms with Gasteiger partial charge in [0.1, 0.15) is 5.60 Å². The largest absolute Gasteiger partial charge is 0.442 e. The lowest BCUT2D eigenvalue weighted by Crippen LogP contribution is -2.22. The minimum absolute atomic E-state index is 0.490. The number of aliphatic imine (C=N–C) groups is 1. The van der Waals surface area contributed by atoms with Gasteiger partial charge in [0.2, 0.25) is 0 Å². The number of hydrogen-bond donors (Lipinski definition) is 0. The summed E-state index contributed by atoms with van der Waals surface area (Å²) >= 11 is 0. The summed E-state index contributed by atoms with van der Waals surface area (Å²) in [6.45, 7) is 12.6. The van der Waals surface area contributed by atoms with E-state index in [2.05, 4.69) is 11.6 Å². The summed E-state index contributed by atoms with van der Waals surface area (Å²) in [5.41, 5.74) is 0.885. The normalized spacial score (nSPS) is 12.5. The maximum atomic E-state index is 11.1. The van der Waals surface area contributed by atoms with Gasteiger partial charge in [-0.15, -0.1) is 0 Å². The molecule has 3 heteroatoms. The van der Waals surface area contributed by atoms with Crippen LogP contribution >= 0.6 is 0 Å². The Balaban J connectivity index is 4.32. The van der Waals surface area contributed by atoms with Gasteiger partial charge >= 0.3 is 6.09 Å². The SMILES string of the molecule is C=C(C)C(C)=NC(=O)OC(C)(C)C. The van der Waals surface area contributed by atoms with Crippen LogP contribution in [0.5, 0.6) is 0 Å². The Morgan fingerprint density at radius 1 is 1.31 bits per heavy atom. The first-order valence-electron chi connectivity index (χ1n) is 4.16. The standard InChI is InChI=1S/C10H17NO2/c1-7(2)8(3)11-9(12)13-10(4,5)6/h1H2,2-6H3. The molecule has 3 nitrogen and oxygen atoms in total. The van der Waals surface area contributed by atoms with Crippen molar-refractivity contribution in [1.82, 2.24) is 0 Å². The first-order valence-corrected chi connectivity index (χ1v) is 4.16. The maximum Gasteiger partial charge on any atom is 0.434 e. The van der Waals surface area contributed by atoms with Crippen LogP contribution in [0, 0.1) is 0 Å². The van der Waals surface area contributed by atoms with Crippen molar-refractivity contribution < 1.29 is 9.53 Å². The third kappa shape index (κ3) is 6.08. The Labute approximate surface area is 79.5 Å². The number of nitrogens with zero attached hydrogens (tertiary/aromatic N) is 1. The number of hydrogen-bond acceptors (Lipinski definition) is 2. The summed E-state index contributed by atoms with van der Waals surface area (Å²) in [5.74, 6) is 0. The van der Waals surface area contributed by atoms with E-state index in [4.69, 9.17) is 4.74 Å². The van der Waals surface area contributed by atoms with E-state index in [0.29, 0.717) is 5.71 Å². The minimum Gasteiger partial charge on any atom is -0.442 e. The monoisotopic (exact) mass is 183 g/mol. The van der Waals surface area contributed by atoms with Crippen molar-refractivity contribution in [2.45, 2.75) is 40.2 Å². The van der Waals surface area contributed by atoms with E-state index < -0.39 is 11.7 Å². The van der Waals surface area contributed by atoms with Crippen molar-refractivity contribution in [3.8, 4) is 0 Å². The second kappa shape index (κ2) is 4.21. The van der Waals surface area contributed by atoms with Crippen LogP contribution in [0.4, 0.5) is 4.79 Å². The number of allylic oxidation sites excluding steroid dienone is 1. The van der Waals surface area contributed by atoms with Gasteiger partial charge < -0.3 is 4.74 Å². The zero-order valence-corrected chi connectivity index (χ0v) is 8.97. The molecule has 0 heterocycles. The predicted molar refractivity (Wildman–Crippen MR) is 54.2 cm³/mol. The molecule has 0 aromatic rings. The molecule has 0 rings (SSSR count). The van der Waals surface area contributed by atoms with Gasteiger partial charge in [-0.1, -0.05) is 6.58 Å². The fourth-order valence-corrected chi connectivity index (χ4v) is 0.517. The Morgan fingerprint density at radius 3 is 2.08 bits per heavy atom. The van der Waals surface area contributed by atoms with E-state index in [1.165, 1.54) is 0 Å². The van der Waals surface area contributed by atoms with Gasteiger partial charge in [-0.2, -0.15) is 4.99 Å². The van der Waals surface area contributed by atoms with Crippen molar-refractivity contribution in [3.05, 3.63) is 12.2 Å². The number of carbonyl (C=O) groups excluding carboxylic acids is 1. The lowest BCUT2D eigenvalue weighted by Gasteiger charge is -2.17. The average Bonchev–Trinajstić information content (AvgIpc) is 1.81. The lowest BCUT2D eigenvalue weighted by atomic mass is 10.2. The van der Waals surface area contributed by atoms with Crippen molar-refractivity contribution in [3.63, 3.8) is 0 Å². The highest BCUT2D eigenvalue weighted by atomic mass is 16.6. The topological polar surface area (TPSA) is 38.7 Å². The molecule has 0 aliphatic rings. The highest BCUT2D eigenvalue weighted by Gasteiger charge is 2.15. The van der Waals surface area contributed by atoms with Crippen LogP contribution < -0.4 is 0 Å². The van der Waals surface area contributed by atoms with Crippen molar-refractivity contribution in [2.75, 3.05) is 0 Å². The van der Waals surface area contributed by atoms with Gasteiger partial charge in [0.05, 0.1) is 0 Å². The molecule has 0 aliphatic heterocycles. The molecule has 0 saturated heterocycles. The fraction of sp³-hybridized carbons (Fsp3) is 0.600. The molecule has 0 atom stereocenters. The molecular formula is C10H17NO2. The Kier molecular flexibility index (Phi) is 3.85. The first kappa shape index (κ1) is 11.9. The summed E-state index contributed by atoms with van der Waals surface area (Å²) in [7, 11) is 0. The van der Waals surface area contributed by atoms with Gasteiger partial charge in [0.25, 0.3) is 0 Å². The van der Waals surface area contributed by atoms with Crippen LogP contribution in [0.1, 0.15) is 34.6 Å². The Hall–Kier alpha value is -1.12. The highest BCUT2D eigenvalue weighted by molar-refractivity contribution is 6.02. The third-order valence-corrected chi connectivity index (χ3v) is 1.27. The number of amides is 1. The molecule has 0 aromatic carbocycles. The molecule has 0 unspecified atom stereocenters. The zero-order chi connectivity index (χ0) is 10.6. The van der Waals surface area contributed by atoms with E-state index in [1.807, 2.05) is 0 Å². The Bertz CT molecular complexity index is 246. The smallest absolute Gasteiger partial charge is 0.434 e. The molecule has 13 heavy (non-hydrogen) atoms. The lowest BCUT2D eigenvalue weighted by molar-refractivity contribution is 0.0604. The van der Waals surface area contributed by atoms with Crippen LogP contribution in [0.3, 0.4) is 0 Å². The molecule has 1 amide bonds. The summed E-state index contributed by atoms with van der Waals surface area (Å²) in [5, 5.41) is 0. The van der Waals surface area contributed by atoms with Crippen molar-refractivity contribution in [2.24, 2.45) is 4.99 Å². The first-order chi connectivity index (χ1) is 5.72. The quantitative estimate of drug-likeness (QED) is 0.586. The van der Waals surface area contributed by atoms with Crippen LogP contribution in [0.15, 0.2) is 17.1 Å². The molecule has 74 valence electrons. The maximum absolute atomic E-state index is 11.1. The van der Waals surface area contributed by atoms with E-state index in [-0.39, 0.29) is 0 Å². The summed E-state index contributed by atoms with van der Waals surface area (Å²) in [6, 6.07) is 0. The molecular weight excluding hydrogens is 166 g/mol. The molecule has 0 fully saturated rings. The van der Waals surface area contributed by atoms with Gasteiger partial charge in [0, 0.05) is 5.71 Å². The fourth-order valence-electron chi connectivity index (χ4n) is 0.517. The van der Waals surface area contributed by atoms with Crippen LogP contribution in [0.25, 0.3) is 0 Å². The van der Waals surface area contributed by atoms with Crippen LogP contribution in [-0.4, -0.2) is 17.4 Å². The minimum atomic E-state index is -0.562. The molecule has 0 aliphatic carbocycles. The summed E-state index contributed by atoms with van der Waals surface area (Å²) in [4.78, 5) is 14.8. The number of ether oxygens (including phenoxy) is 1. The average molecular weight is 183 g/mol. The molecule has 0 radical (unpaired) electrons. The number of rotatable bonds is 1. The van der Waals surface area contributed by atoms with E-state index in [0.717, 1.165) is 5.57 Å². The summed E-state index contributed by atoms with van der Waals surface area (Å²) < 4.78 is 4.99. The van der Waals surface area contributed by atoms with Crippen LogP contribution in [0.2, 0.25) is 0 Å². The molecule has 0 N–H and O–H groups in total. The van der Waals surface area contributed by atoms with Gasteiger partial charge in [-0.05, 0) is 40.2 Å². The molecule has 0 aromatic heterocycles. The van der Waals surface area contributed by atoms with Gasteiger partial charge in [0.15, 0.2) is 0 Å². The van der Waals surface area contributed by atoms with E-state index in [9.17, 15) is 4.79 Å². The predicted octanol–water partition coefficient (Wildman–Crippen LogP) is 2.96. The highest BCUT2D eigenvalue weighted by Crippen LogP contribution is 2.08. The Morgan fingerprint density at radius 2 is 1.77 bits per heavy atom. The summed E-state index contributed by atoms with van der Waals surface area (Å²) in [6.07, 6.45) is -0.562. The second-order valence-corrected chi connectivity index (χ2v) is 3.96.